The van der Waals surface area contributed by atoms with Crippen LogP contribution in [0.3, 0.4) is 0 Å². The summed E-state index contributed by atoms with van der Waals surface area (Å²) in [7, 11) is 0. The molecular weight excluding hydrogens is 308 g/mol. The number of Topliss-reactive ketones (excluding diaryl/α,β-unsaturated/α-hetero) is 1. The van der Waals surface area contributed by atoms with Crippen molar-refractivity contribution in [1.29, 1.82) is 0 Å². The molecule has 0 heterocycles. The first-order valence-electron chi connectivity index (χ1n) is 5.65. The lowest BCUT2D eigenvalue weighted by atomic mass is 10.0. The number of carbonyl (C=O) groups excluding carboxylic acids is 2. The van der Waals surface area contributed by atoms with Crippen molar-refractivity contribution in [2.24, 2.45) is 0 Å². The lowest BCUT2D eigenvalue weighted by molar-refractivity contribution is 0.0730. The highest BCUT2D eigenvalue weighted by atomic mass is 79.9. The van der Waals surface area contributed by atoms with Crippen LogP contribution in [0.1, 0.15) is 27.6 Å². The fourth-order valence-corrected chi connectivity index (χ4v) is 2.04. The molecule has 4 heteroatoms. The van der Waals surface area contributed by atoms with Crippen LogP contribution in [0.15, 0.2) is 53.0 Å². The van der Waals surface area contributed by atoms with Gasteiger partial charge in [0.1, 0.15) is 5.75 Å². The van der Waals surface area contributed by atoms with Crippen molar-refractivity contribution >= 4 is 27.7 Å². The van der Waals surface area contributed by atoms with Crippen LogP contribution >= 0.6 is 15.9 Å². The van der Waals surface area contributed by atoms with E-state index in [1.165, 1.54) is 6.92 Å². The maximum Gasteiger partial charge on any atom is 0.344 e. The van der Waals surface area contributed by atoms with Gasteiger partial charge in [-0.2, -0.15) is 0 Å². The summed E-state index contributed by atoms with van der Waals surface area (Å²) in [5.41, 5.74) is 0.637. The zero-order chi connectivity index (χ0) is 13.8. The Morgan fingerprint density at radius 1 is 1.00 bits per heavy atom. The molecule has 3 nitrogen and oxygen atoms in total. The molecule has 0 spiro atoms. The summed E-state index contributed by atoms with van der Waals surface area (Å²) >= 11 is 3.30. The van der Waals surface area contributed by atoms with Crippen LogP contribution in [0, 0.1) is 0 Å². The molecular formula is C15H11BrO3. The summed E-state index contributed by atoms with van der Waals surface area (Å²) in [5.74, 6) is -0.275. The van der Waals surface area contributed by atoms with Crippen LogP contribution < -0.4 is 4.74 Å². The van der Waals surface area contributed by atoms with Gasteiger partial charge in [-0.15, -0.1) is 0 Å². The van der Waals surface area contributed by atoms with Crippen LogP contribution in [0.5, 0.6) is 5.75 Å². The van der Waals surface area contributed by atoms with Gasteiger partial charge in [0.15, 0.2) is 5.78 Å². The van der Waals surface area contributed by atoms with Gasteiger partial charge in [-0.3, -0.25) is 4.79 Å². The Balaban J connectivity index is 2.28. The molecule has 0 saturated carbocycles. The number of rotatable bonds is 3. The van der Waals surface area contributed by atoms with Crippen molar-refractivity contribution in [3.05, 3.63) is 64.1 Å². The minimum absolute atomic E-state index is 0.165. The van der Waals surface area contributed by atoms with Gasteiger partial charge in [0.25, 0.3) is 0 Å². The highest BCUT2D eigenvalue weighted by Crippen LogP contribution is 2.20. The first kappa shape index (κ1) is 13.5. The highest BCUT2D eigenvalue weighted by Gasteiger charge is 2.15. The SMILES string of the molecule is CC(=O)c1ccccc1C(=O)Oc1cccc(Br)c1. The number of carbonyl (C=O) groups is 2. The summed E-state index contributed by atoms with van der Waals surface area (Å²) in [6.07, 6.45) is 0. The normalized spacial score (nSPS) is 10.0. The Morgan fingerprint density at radius 2 is 1.68 bits per heavy atom. The Morgan fingerprint density at radius 3 is 2.32 bits per heavy atom. The summed E-state index contributed by atoms with van der Waals surface area (Å²) in [6, 6.07) is 13.6. The van der Waals surface area contributed by atoms with Gasteiger partial charge in [-0.25, -0.2) is 4.79 Å². The van der Waals surface area contributed by atoms with E-state index < -0.39 is 5.97 Å². The monoisotopic (exact) mass is 318 g/mol. The molecule has 96 valence electrons. The third kappa shape index (κ3) is 3.29. The van der Waals surface area contributed by atoms with Crippen molar-refractivity contribution in [3.63, 3.8) is 0 Å². The number of benzene rings is 2. The molecule has 0 fully saturated rings. The van der Waals surface area contributed by atoms with Crippen molar-refractivity contribution in [2.45, 2.75) is 6.92 Å². The molecule has 2 aromatic carbocycles. The molecule has 2 aromatic rings. The molecule has 0 aliphatic rings. The second kappa shape index (κ2) is 5.80. The van der Waals surface area contributed by atoms with Crippen molar-refractivity contribution < 1.29 is 14.3 Å². The predicted octanol–water partition coefficient (Wildman–Crippen LogP) is 3.87. The molecule has 0 aliphatic carbocycles. The molecule has 0 radical (unpaired) electrons. The summed E-state index contributed by atoms with van der Waals surface area (Å²) in [6.45, 7) is 1.42. The maximum absolute atomic E-state index is 12.1. The smallest absolute Gasteiger partial charge is 0.344 e. The van der Waals surface area contributed by atoms with E-state index in [9.17, 15) is 9.59 Å². The van der Waals surface area contributed by atoms with E-state index in [1.807, 2.05) is 6.07 Å². The second-order valence-electron chi connectivity index (χ2n) is 3.95. The van der Waals surface area contributed by atoms with Crippen molar-refractivity contribution in [3.8, 4) is 5.75 Å². The molecule has 0 bridgehead atoms. The number of hydrogen-bond donors (Lipinski definition) is 0. The third-order valence-corrected chi connectivity index (χ3v) is 3.03. The van der Waals surface area contributed by atoms with Crippen LogP contribution in [0.2, 0.25) is 0 Å². The second-order valence-corrected chi connectivity index (χ2v) is 4.86. The first-order chi connectivity index (χ1) is 9.08. The molecule has 0 atom stereocenters. The van der Waals surface area contributed by atoms with E-state index in [-0.39, 0.29) is 11.3 Å². The topological polar surface area (TPSA) is 43.4 Å². The molecule has 19 heavy (non-hydrogen) atoms. The zero-order valence-corrected chi connectivity index (χ0v) is 11.8. The standard InChI is InChI=1S/C15H11BrO3/c1-10(17)13-7-2-3-8-14(13)15(18)19-12-6-4-5-11(16)9-12/h2-9H,1H3. The summed E-state index contributed by atoms with van der Waals surface area (Å²) < 4.78 is 6.07. The summed E-state index contributed by atoms with van der Waals surface area (Å²) in [4.78, 5) is 23.5. The fraction of sp³-hybridized carbons (Fsp3) is 0.0667. The van der Waals surface area contributed by atoms with Gasteiger partial charge in [0, 0.05) is 10.0 Å². The Hall–Kier alpha value is -1.94. The molecule has 0 N–H and O–H groups in total. The van der Waals surface area contributed by atoms with E-state index in [4.69, 9.17) is 4.74 Å². The molecule has 0 amide bonds. The van der Waals surface area contributed by atoms with Crippen LogP contribution in [-0.2, 0) is 0 Å². The first-order valence-corrected chi connectivity index (χ1v) is 6.45. The summed E-state index contributed by atoms with van der Waals surface area (Å²) in [5, 5.41) is 0. The van der Waals surface area contributed by atoms with Gasteiger partial charge in [-0.1, -0.05) is 40.2 Å². The van der Waals surface area contributed by atoms with Gasteiger partial charge in [0.05, 0.1) is 5.56 Å². The fourth-order valence-electron chi connectivity index (χ4n) is 1.66. The van der Waals surface area contributed by atoms with E-state index in [0.29, 0.717) is 11.3 Å². The Labute approximate surface area is 119 Å². The minimum Gasteiger partial charge on any atom is -0.423 e. The predicted molar refractivity (Wildman–Crippen MR) is 75.5 cm³/mol. The zero-order valence-electron chi connectivity index (χ0n) is 10.2. The minimum atomic E-state index is -0.538. The third-order valence-electron chi connectivity index (χ3n) is 2.53. The molecule has 0 aromatic heterocycles. The van der Waals surface area contributed by atoms with E-state index in [2.05, 4.69) is 15.9 Å². The molecule has 0 saturated heterocycles. The van der Waals surface area contributed by atoms with Crippen LogP contribution in [-0.4, -0.2) is 11.8 Å². The average molecular weight is 319 g/mol. The number of ether oxygens (including phenoxy) is 1. The lowest BCUT2D eigenvalue weighted by Gasteiger charge is -2.07. The van der Waals surface area contributed by atoms with Crippen LogP contribution in [0.25, 0.3) is 0 Å². The number of ketones is 1. The van der Waals surface area contributed by atoms with Gasteiger partial charge in [0.2, 0.25) is 0 Å². The van der Waals surface area contributed by atoms with Gasteiger partial charge in [-0.05, 0) is 31.2 Å². The number of halogens is 1. The largest absolute Gasteiger partial charge is 0.423 e. The Bertz CT molecular complexity index is 635. The lowest BCUT2D eigenvalue weighted by Crippen LogP contribution is -2.13. The quantitative estimate of drug-likeness (QED) is 0.490. The van der Waals surface area contributed by atoms with E-state index in [0.717, 1.165) is 4.47 Å². The van der Waals surface area contributed by atoms with E-state index >= 15 is 0 Å². The van der Waals surface area contributed by atoms with Crippen molar-refractivity contribution in [2.75, 3.05) is 0 Å². The van der Waals surface area contributed by atoms with Gasteiger partial charge < -0.3 is 4.74 Å². The average Bonchev–Trinajstić information content (AvgIpc) is 2.38. The Kier molecular flexibility index (Phi) is 4.12. The molecule has 0 unspecified atom stereocenters. The maximum atomic E-state index is 12.1. The van der Waals surface area contributed by atoms with Crippen LogP contribution in [0.4, 0.5) is 0 Å². The highest BCUT2D eigenvalue weighted by molar-refractivity contribution is 9.10. The van der Waals surface area contributed by atoms with E-state index in [1.54, 1.807) is 42.5 Å². The van der Waals surface area contributed by atoms with Gasteiger partial charge >= 0.3 is 5.97 Å². The molecule has 0 aliphatic heterocycles. The number of hydrogen-bond acceptors (Lipinski definition) is 3. The van der Waals surface area contributed by atoms with Crippen molar-refractivity contribution in [1.82, 2.24) is 0 Å². The number of esters is 1. The molecule has 2 rings (SSSR count).